The first-order chi connectivity index (χ1) is 9.69. The van der Waals surface area contributed by atoms with Gasteiger partial charge in [0.2, 0.25) is 4.96 Å². The van der Waals surface area contributed by atoms with Crippen LogP contribution in [0.5, 0.6) is 0 Å². The minimum absolute atomic E-state index is 0.0986. The van der Waals surface area contributed by atoms with E-state index >= 15 is 0 Å². The second kappa shape index (κ2) is 5.29. The van der Waals surface area contributed by atoms with Crippen LogP contribution in [-0.2, 0) is 4.74 Å². The van der Waals surface area contributed by atoms with E-state index < -0.39 is 5.97 Å². The Morgan fingerprint density at radius 3 is 2.80 bits per heavy atom. The molecule has 102 valence electrons. The summed E-state index contributed by atoms with van der Waals surface area (Å²) in [6, 6.07) is 7.76. The van der Waals surface area contributed by atoms with Gasteiger partial charge in [-0.1, -0.05) is 39.4 Å². The Morgan fingerprint density at radius 1 is 1.35 bits per heavy atom. The Balaban J connectivity index is 2.03. The Hall–Kier alpha value is -1.80. The Morgan fingerprint density at radius 2 is 2.10 bits per heavy atom. The summed E-state index contributed by atoms with van der Waals surface area (Å²) >= 11 is 4.76. The molecule has 2 aromatic heterocycles. The van der Waals surface area contributed by atoms with E-state index in [0.717, 1.165) is 15.0 Å². The van der Waals surface area contributed by atoms with Gasteiger partial charge in [-0.15, -0.1) is 10.2 Å². The molecule has 0 atom stereocenters. The molecule has 0 radical (unpaired) electrons. The van der Waals surface area contributed by atoms with Crippen molar-refractivity contribution in [1.29, 1.82) is 0 Å². The Kier molecular flexibility index (Phi) is 3.49. The van der Waals surface area contributed by atoms with E-state index in [2.05, 4.69) is 31.2 Å². The average molecular weight is 353 g/mol. The molecule has 0 spiro atoms. The normalized spacial score (nSPS) is 10.9. The summed E-state index contributed by atoms with van der Waals surface area (Å²) in [5, 5.41) is 12.9. The molecule has 0 fully saturated rings. The summed E-state index contributed by atoms with van der Waals surface area (Å²) in [5.41, 5.74) is 0.957. The third-order valence-corrected chi connectivity index (χ3v) is 4.02. The molecule has 0 bridgehead atoms. The van der Waals surface area contributed by atoms with Crippen LogP contribution in [0.15, 0.2) is 28.7 Å². The smallest absolute Gasteiger partial charge is 0.378 e. The van der Waals surface area contributed by atoms with Crippen molar-refractivity contribution in [3.8, 4) is 10.6 Å². The van der Waals surface area contributed by atoms with E-state index in [1.807, 2.05) is 24.3 Å². The number of hydrogen-bond donors (Lipinski definition) is 0. The van der Waals surface area contributed by atoms with Crippen molar-refractivity contribution in [1.82, 2.24) is 19.8 Å². The maximum Gasteiger partial charge on any atom is 0.378 e. The lowest BCUT2D eigenvalue weighted by Gasteiger charge is -1.97. The topological polar surface area (TPSA) is 69.4 Å². The van der Waals surface area contributed by atoms with Gasteiger partial charge in [-0.05, 0) is 19.1 Å². The fraction of sp³-hybridized carbons (Fsp3) is 0.167. The lowest BCUT2D eigenvalue weighted by molar-refractivity contribution is 0.0509. The molecule has 0 saturated carbocycles. The molecular formula is C12H9BrN4O2S. The first-order valence-corrected chi connectivity index (χ1v) is 7.45. The number of esters is 1. The lowest BCUT2D eigenvalue weighted by Crippen LogP contribution is -2.10. The summed E-state index contributed by atoms with van der Waals surface area (Å²) in [6.07, 6.45) is 0. The summed E-state index contributed by atoms with van der Waals surface area (Å²) in [5.74, 6) is -0.422. The third kappa shape index (κ3) is 2.32. The number of benzene rings is 1. The molecule has 3 aromatic rings. The number of aromatic nitrogens is 4. The van der Waals surface area contributed by atoms with Gasteiger partial charge >= 0.3 is 5.97 Å². The summed E-state index contributed by atoms with van der Waals surface area (Å²) in [4.78, 5) is 12.3. The third-order valence-electron chi connectivity index (χ3n) is 2.54. The largest absolute Gasteiger partial charge is 0.460 e. The van der Waals surface area contributed by atoms with Crippen molar-refractivity contribution < 1.29 is 9.53 Å². The zero-order valence-electron chi connectivity index (χ0n) is 10.4. The fourth-order valence-electron chi connectivity index (χ4n) is 1.65. The van der Waals surface area contributed by atoms with E-state index in [4.69, 9.17) is 4.74 Å². The van der Waals surface area contributed by atoms with E-state index in [9.17, 15) is 4.79 Å². The maximum absolute atomic E-state index is 11.7. The number of rotatable bonds is 3. The minimum atomic E-state index is -0.521. The molecule has 0 aliphatic heterocycles. The van der Waals surface area contributed by atoms with Crippen molar-refractivity contribution in [2.45, 2.75) is 6.92 Å². The number of hydrogen-bond acceptors (Lipinski definition) is 6. The van der Waals surface area contributed by atoms with Gasteiger partial charge in [0.15, 0.2) is 0 Å². The lowest BCUT2D eigenvalue weighted by atomic mass is 10.2. The number of fused-ring (bicyclic) bond motifs is 1. The predicted octanol–water partition coefficient (Wildman–Crippen LogP) is 2.79. The summed E-state index contributed by atoms with van der Waals surface area (Å²) in [6.45, 7) is 2.03. The van der Waals surface area contributed by atoms with E-state index in [1.54, 1.807) is 6.92 Å². The zero-order chi connectivity index (χ0) is 14.1. The van der Waals surface area contributed by atoms with Crippen LogP contribution < -0.4 is 0 Å². The number of halogens is 1. The van der Waals surface area contributed by atoms with E-state index in [-0.39, 0.29) is 12.4 Å². The van der Waals surface area contributed by atoms with Gasteiger partial charge in [-0.2, -0.15) is 9.61 Å². The van der Waals surface area contributed by atoms with Crippen molar-refractivity contribution >= 4 is 38.2 Å². The maximum atomic E-state index is 11.7. The Labute approximate surface area is 126 Å². The van der Waals surface area contributed by atoms with Crippen molar-refractivity contribution in [2.75, 3.05) is 6.61 Å². The first kappa shape index (κ1) is 13.2. The molecule has 8 heteroatoms. The highest BCUT2D eigenvalue weighted by Gasteiger charge is 2.19. The molecule has 6 nitrogen and oxygen atoms in total. The van der Waals surface area contributed by atoms with Gasteiger partial charge in [0.25, 0.3) is 5.82 Å². The number of nitrogens with zero attached hydrogens (tertiary/aromatic N) is 4. The number of ether oxygens (including phenoxy) is 1. The van der Waals surface area contributed by atoms with Gasteiger partial charge in [-0.3, -0.25) is 0 Å². The van der Waals surface area contributed by atoms with Crippen LogP contribution in [0.2, 0.25) is 0 Å². The predicted molar refractivity (Wildman–Crippen MR) is 77.8 cm³/mol. The molecular weight excluding hydrogens is 344 g/mol. The number of carbonyl (C=O) groups excluding carboxylic acids is 1. The first-order valence-electron chi connectivity index (χ1n) is 5.84. The van der Waals surface area contributed by atoms with E-state index in [0.29, 0.717) is 4.96 Å². The summed E-state index contributed by atoms with van der Waals surface area (Å²) in [7, 11) is 0. The SMILES string of the molecule is CCOC(=O)c1nnc2sc(-c3ccc(Br)cc3)nn12. The van der Waals surface area contributed by atoms with Crippen molar-refractivity contribution in [2.24, 2.45) is 0 Å². The molecule has 0 aliphatic carbocycles. The zero-order valence-corrected chi connectivity index (χ0v) is 12.8. The highest BCUT2D eigenvalue weighted by atomic mass is 79.9. The van der Waals surface area contributed by atoms with Gasteiger partial charge in [0.05, 0.1) is 6.61 Å². The second-order valence-corrected chi connectivity index (χ2v) is 5.72. The van der Waals surface area contributed by atoms with Gasteiger partial charge < -0.3 is 4.74 Å². The van der Waals surface area contributed by atoms with Crippen LogP contribution in [0, 0.1) is 0 Å². The van der Waals surface area contributed by atoms with Crippen LogP contribution in [0.1, 0.15) is 17.5 Å². The molecule has 20 heavy (non-hydrogen) atoms. The second-order valence-electron chi connectivity index (χ2n) is 3.85. The molecule has 2 heterocycles. The Bertz CT molecular complexity index is 765. The van der Waals surface area contributed by atoms with Crippen LogP contribution in [0.3, 0.4) is 0 Å². The summed E-state index contributed by atoms with van der Waals surface area (Å²) < 4.78 is 7.33. The van der Waals surface area contributed by atoms with Crippen molar-refractivity contribution in [3.05, 3.63) is 34.6 Å². The number of carbonyl (C=O) groups is 1. The van der Waals surface area contributed by atoms with Crippen LogP contribution in [0.4, 0.5) is 0 Å². The molecule has 0 amide bonds. The average Bonchev–Trinajstić information content (AvgIpc) is 2.99. The van der Waals surface area contributed by atoms with Gasteiger partial charge in [0.1, 0.15) is 5.01 Å². The minimum Gasteiger partial charge on any atom is -0.460 e. The molecule has 0 N–H and O–H groups in total. The van der Waals surface area contributed by atoms with Gasteiger partial charge in [0, 0.05) is 10.0 Å². The quantitative estimate of drug-likeness (QED) is 0.678. The fourth-order valence-corrected chi connectivity index (χ4v) is 2.76. The standard InChI is InChI=1S/C12H9BrN4O2S/c1-2-19-11(18)9-14-15-12-17(9)16-10(20-12)7-3-5-8(13)6-4-7/h3-6H,2H2,1H3. The monoisotopic (exact) mass is 352 g/mol. The molecule has 0 saturated heterocycles. The molecule has 3 rings (SSSR count). The van der Waals surface area contributed by atoms with Crippen LogP contribution in [0.25, 0.3) is 15.5 Å². The molecule has 0 unspecified atom stereocenters. The highest BCUT2D eigenvalue weighted by Crippen LogP contribution is 2.26. The van der Waals surface area contributed by atoms with E-state index in [1.165, 1.54) is 15.9 Å². The highest BCUT2D eigenvalue weighted by molar-refractivity contribution is 9.10. The van der Waals surface area contributed by atoms with Crippen LogP contribution >= 0.6 is 27.3 Å². The van der Waals surface area contributed by atoms with Crippen LogP contribution in [-0.4, -0.2) is 32.4 Å². The molecule has 0 aliphatic rings. The van der Waals surface area contributed by atoms with Gasteiger partial charge in [-0.25, -0.2) is 4.79 Å². The van der Waals surface area contributed by atoms with Crippen molar-refractivity contribution in [3.63, 3.8) is 0 Å². The molecule has 1 aromatic carbocycles.